The number of hydrogen-bond donors (Lipinski definition) is 2. The molecule has 0 aromatic heterocycles. The summed E-state index contributed by atoms with van der Waals surface area (Å²) in [6.07, 6.45) is 0.905. The van der Waals surface area contributed by atoms with Gasteiger partial charge in [-0.25, -0.2) is 0 Å². The Hall–Kier alpha value is -2.10. The monoisotopic (exact) mass is 528 g/mol. The van der Waals surface area contributed by atoms with Crippen LogP contribution in [0.25, 0.3) is 0 Å². The quantitative estimate of drug-likeness (QED) is 0.382. The van der Waals surface area contributed by atoms with Gasteiger partial charge in [0, 0.05) is 12.7 Å². The normalized spacial score (nSPS) is 10.3. The van der Waals surface area contributed by atoms with E-state index in [-0.39, 0.29) is 6.61 Å². The maximum absolute atomic E-state index is 12.2. The number of rotatable bonds is 9. The lowest BCUT2D eigenvalue weighted by Crippen LogP contribution is -2.43. The van der Waals surface area contributed by atoms with Crippen LogP contribution in [0.2, 0.25) is 0 Å². The molecule has 0 fully saturated rings. The van der Waals surface area contributed by atoms with Gasteiger partial charge >= 0.3 is 0 Å². The summed E-state index contributed by atoms with van der Waals surface area (Å²) < 4.78 is 17.3. The predicted molar refractivity (Wildman–Crippen MR) is 116 cm³/mol. The molecule has 0 aliphatic heterocycles. The van der Waals surface area contributed by atoms with E-state index in [1.807, 2.05) is 12.1 Å². The molecule has 0 aliphatic rings. The molecule has 0 heterocycles. The van der Waals surface area contributed by atoms with Crippen molar-refractivity contribution in [2.24, 2.45) is 0 Å². The van der Waals surface area contributed by atoms with E-state index in [0.717, 1.165) is 16.5 Å². The van der Waals surface area contributed by atoms with E-state index >= 15 is 0 Å². The summed E-state index contributed by atoms with van der Waals surface area (Å²) in [4.78, 5) is 24.2. The van der Waals surface area contributed by atoms with Gasteiger partial charge in [0.1, 0.15) is 18.1 Å². The molecule has 0 saturated carbocycles. The number of aryl methyl sites for hydroxylation is 1. The summed E-state index contributed by atoms with van der Waals surface area (Å²) in [7, 11) is 1.59. The van der Waals surface area contributed by atoms with Gasteiger partial charge in [0.25, 0.3) is 11.8 Å². The van der Waals surface area contributed by atoms with E-state index in [2.05, 4.69) is 49.6 Å². The maximum atomic E-state index is 12.2. The average Bonchev–Trinajstić information content (AvgIpc) is 2.72. The van der Waals surface area contributed by atoms with Crippen molar-refractivity contribution < 1.29 is 23.8 Å². The van der Waals surface area contributed by atoms with Crippen molar-refractivity contribution in [3.05, 3.63) is 56.5 Å². The van der Waals surface area contributed by atoms with E-state index in [0.29, 0.717) is 34.7 Å². The molecule has 9 heteroatoms. The predicted octanol–water partition coefficient (Wildman–Crippen LogP) is 3.64. The van der Waals surface area contributed by atoms with Gasteiger partial charge in [-0.05, 0) is 74.2 Å². The third kappa shape index (κ3) is 7.34. The van der Waals surface area contributed by atoms with Gasteiger partial charge < -0.3 is 14.2 Å². The minimum Gasteiger partial charge on any atom is -0.490 e. The number of halogens is 2. The summed E-state index contributed by atoms with van der Waals surface area (Å²) in [5, 5.41) is 0. The Balaban J connectivity index is 1.82. The fourth-order valence-electron chi connectivity index (χ4n) is 2.25. The second kappa shape index (κ2) is 11.8. The first kappa shape index (κ1) is 23.2. The summed E-state index contributed by atoms with van der Waals surface area (Å²) in [5.74, 6) is 0.201. The Bertz CT molecular complexity index is 861. The molecule has 0 radical (unpaired) electrons. The molecule has 29 heavy (non-hydrogen) atoms. The van der Waals surface area contributed by atoms with Crippen molar-refractivity contribution in [1.82, 2.24) is 10.9 Å². The number of hydrogen-bond acceptors (Lipinski definition) is 5. The zero-order valence-electron chi connectivity index (χ0n) is 16.1. The molecular formula is C20H22Br2N2O5. The van der Waals surface area contributed by atoms with Crippen LogP contribution in [0.3, 0.4) is 0 Å². The summed E-state index contributed by atoms with van der Waals surface area (Å²) in [5.41, 5.74) is 6.19. The average molecular weight is 530 g/mol. The van der Waals surface area contributed by atoms with Crippen LogP contribution in [0.5, 0.6) is 11.5 Å². The zero-order chi connectivity index (χ0) is 21.2. The zero-order valence-corrected chi connectivity index (χ0v) is 19.3. The van der Waals surface area contributed by atoms with Crippen molar-refractivity contribution in [2.75, 3.05) is 26.9 Å². The van der Waals surface area contributed by atoms with Gasteiger partial charge in [-0.1, -0.05) is 13.0 Å². The van der Waals surface area contributed by atoms with Gasteiger partial charge in [-0.15, -0.1) is 0 Å². The number of amides is 2. The minimum absolute atomic E-state index is 0.236. The van der Waals surface area contributed by atoms with Crippen molar-refractivity contribution in [2.45, 2.75) is 13.3 Å². The lowest BCUT2D eigenvalue weighted by molar-refractivity contribution is -0.123. The molecule has 0 bridgehead atoms. The van der Waals surface area contributed by atoms with Crippen LogP contribution >= 0.6 is 31.9 Å². The second-order valence-corrected chi connectivity index (χ2v) is 7.60. The molecular weight excluding hydrogens is 508 g/mol. The first-order chi connectivity index (χ1) is 13.9. The Kier molecular flexibility index (Phi) is 9.43. The number of hydrazine groups is 1. The molecule has 7 nitrogen and oxygen atoms in total. The van der Waals surface area contributed by atoms with Crippen LogP contribution < -0.4 is 20.3 Å². The standard InChI is InChI=1S/C20H22Br2N2O5/c1-3-13-4-6-18(15(21)10-13)29-12-19(25)23-24-20(26)14-5-7-17(16(22)11-14)28-9-8-27-2/h4-7,10-11H,3,8-9,12H2,1-2H3,(H,23,25)(H,24,26). The molecule has 0 unspecified atom stereocenters. The third-order valence-electron chi connectivity index (χ3n) is 3.82. The minimum atomic E-state index is -0.483. The van der Waals surface area contributed by atoms with Gasteiger partial charge in [0.05, 0.1) is 15.6 Å². The fourth-order valence-corrected chi connectivity index (χ4v) is 3.29. The molecule has 0 aliphatic carbocycles. The molecule has 2 aromatic rings. The topological polar surface area (TPSA) is 85.9 Å². The van der Waals surface area contributed by atoms with Gasteiger partial charge in [0.15, 0.2) is 6.61 Å². The summed E-state index contributed by atoms with van der Waals surface area (Å²) >= 11 is 6.77. The first-order valence-corrected chi connectivity index (χ1v) is 10.4. The Morgan fingerprint density at radius 2 is 1.62 bits per heavy atom. The van der Waals surface area contributed by atoms with Crippen molar-refractivity contribution >= 4 is 43.7 Å². The van der Waals surface area contributed by atoms with Crippen LogP contribution in [0.1, 0.15) is 22.8 Å². The van der Waals surface area contributed by atoms with Crippen molar-refractivity contribution in [1.29, 1.82) is 0 Å². The summed E-state index contributed by atoms with van der Waals surface area (Å²) in [6, 6.07) is 10.5. The maximum Gasteiger partial charge on any atom is 0.276 e. The van der Waals surface area contributed by atoms with Crippen LogP contribution in [0.4, 0.5) is 0 Å². The number of nitrogens with one attached hydrogen (secondary N) is 2. The molecule has 2 aromatic carbocycles. The van der Waals surface area contributed by atoms with E-state index < -0.39 is 11.8 Å². The number of carbonyl (C=O) groups is 2. The number of ether oxygens (including phenoxy) is 3. The molecule has 2 N–H and O–H groups in total. The smallest absolute Gasteiger partial charge is 0.276 e. The van der Waals surface area contributed by atoms with Crippen LogP contribution in [-0.4, -0.2) is 38.7 Å². The highest BCUT2D eigenvalue weighted by molar-refractivity contribution is 9.10. The van der Waals surface area contributed by atoms with Crippen LogP contribution in [0, 0.1) is 0 Å². The lowest BCUT2D eigenvalue weighted by Gasteiger charge is -2.12. The first-order valence-electron chi connectivity index (χ1n) is 8.86. The molecule has 2 amide bonds. The van der Waals surface area contributed by atoms with E-state index in [1.54, 1.807) is 31.4 Å². The fraction of sp³-hybridized carbons (Fsp3) is 0.300. The Morgan fingerprint density at radius 3 is 2.28 bits per heavy atom. The van der Waals surface area contributed by atoms with E-state index in [4.69, 9.17) is 14.2 Å². The highest BCUT2D eigenvalue weighted by atomic mass is 79.9. The van der Waals surface area contributed by atoms with Crippen LogP contribution in [0.15, 0.2) is 45.3 Å². The highest BCUT2D eigenvalue weighted by Crippen LogP contribution is 2.27. The van der Waals surface area contributed by atoms with Gasteiger partial charge in [-0.2, -0.15) is 0 Å². The largest absolute Gasteiger partial charge is 0.490 e. The Morgan fingerprint density at radius 1 is 0.931 bits per heavy atom. The van der Waals surface area contributed by atoms with Gasteiger partial charge in [0.2, 0.25) is 0 Å². The SMILES string of the molecule is CCc1ccc(OCC(=O)NNC(=O)c2ccc(OCCOC)c(Br)c2)c(Br)c1. The molecule has 0 saturated heterocycles. The molecule has 0 spiro atoms. The number of methoxy groups -OCH3 is 1. The lowest BCUT2D eigenvalue weighted by atomic mass is 10.2. The van der Waals surface area contributed by atoms with Crippen LogP contribution in [-0.2, 0) is 16.0 Å². The summed E-state index contributed by atoms with van der Waals surface area (Å²) in [6.45, 7) is 2.68. The molecule has 156 valence electrons. The van der Waals surface area contributed by atoms with Crippen molar-refractivity contribution in [3.8, 4) is 11.5 Å². The number of benzene rings is 2. The Labute approximate surface area is 186 Å². The van der Waals surface area contributed by atoms with E-state index in [9.17, 15) is 9.59 Å². The second-order valence-electron chi connectivity index (χ2n) is 5.90. The molecule has 0 atom stereocenters. The van der Waals surface area contributed by atoms with E-state index in [1.165, 1.54) is 0 Å². The number of carbonyl (C=O) groups excluding carboxylic acids is 2. The molecule has 2 rings (SSSR count). The third-order valence-corrected chi connectivity index (χ3v) is 5.06. The van der Waals surface area contributed by atoms with Crippen molar-refractivity contribution in [3.63, 3.8) is 0 Å². The highest BCUT2D eigenvalue weighted by Gasteiger charge is 2.11. The van der Waals surface area contributed by atoms with Gasteiger partial charge in [-0.3, -0.25) is 20.4 Å².